The van der Waals surface area contributed by atoms with Crippen molar-refractivity contribution in [2.45, 2.75) is 0 Å². The number of hydrogen-bond donors (Lipinski definition) is 0. The Balaban J connectivity index is 2.67. The first kappa shape index (κ1) is 7.52. The normalized spacial score (nSPS) is 9.20. The Labute approximate surface area is 68.8 Å². The van der Waals surface area contributed by atoms with Crippen LogP contribution in [0.3, 0.4) is 0 Å². The van der Waals surface area contributed by atoms with Gasteiger partial charge in [-0.15, -0.1) is 0 Å². The van der Waals surface area contributed by atoms with E-state index in [0.29, 0.717) is 0 Å². The summed E-state index contributed by atoms with van der Waals surface area (Å²) in [5.74, 6) is 0. The third-order valence-electron chi connectivity index (χ3n) is 0.994. The van der Waals surface area contributed by atoms with Crippen molar-refractivity contribution < 1.29 is 3.15 Å². The Bertz CT molecular complexity index is 224. The molecule has 0 heterocycles. The maximum absolute atomic E-state index is 10.0. The van der Waals surface area contributed by atoms with Gasteiger partial charge in [0.1, 0.15) is 0 Å². The fraction of sp³-hybridized carbons (Fsp3) is 0. The molecule has 0 spiro atoms. The molecule has 2 radical (unpaired) electrons. The zero-order valence-electron chi connectivity index (χ0n) is 5.15. The van der Waals surface area contributed by atoms with Crippen LogP contribution >= 0.6 is 0 Å². The first-order valence-electron chi connectivity index (χ1n) is 2.75. The fourth-order valence-electron chi connectivity index (χ4n) is 0.618. The summed E-state index contributed by atoms with van der Waals surface area (Å²) in [5, 5.41) is 10.0. The van der Waals surface area contributed by atoms with Gasteiger partial charge in [-0.25, -0.2) is 0 Å². The Morgan fingerprint density at radius 2 is 1.90 bits per heavy atom. The number of rotatable bonds is 2. The second-order valence-electron chi connectivity index (χ2n) is 1.73. The van der Waals surface area contributed by atoms with Gasteiger partial charge in [-0.05, 0) is 0 Å². The molecule has 50 valence electrons. The number of hydrogen-bond acceptors (Lipinski definition) is 2. The first-order chi connectivity index (χ1) is 4.79. The Morgan fingerprint density at radius 1 is 1.30 bits per heavy atom. The molecular weight excluding hydrogens is 237 g/mol. The molecule has 0 bridgehead atoms. The van der Waals surface area contributed by atoms with Crippen molar-refractivity contribution in [3.63, 3.8) is 0 Å². The van der Waals surface area contributed by atoms with Crippen LogP contribution in [-0.2, 0) is 0 Å². The molecule has 0 fully saturated rings. The third-order valence-corrected chi connectivity index (χ3v) is 3.20. The molecule has 0 unspecified atom stereocenters. The predicted molar refractivity (Wildman–Crippen MR) is 38.8 cm³/mol. The second kappa shape index (κ2) is 3.55. The van der Waals surface area contributed by atoms with E-state index in [1.54, 1.807) is 0 Å². The van der Waals surface area contributed by atoms with Crippen LogP contribution in [0, 0.1) is 10.1 Å². The van der Waals surface area contributed by atoms with E-state index in [1.165, 1.54) is 0 Å². The number of nitro groups is 1. The molecule has 0 atom stereocenters. The van der Waals surface area contributed by atoms with E-state index in [9.17, 15) is 10.1 Å². The molecule has 0 aliphatic rings. The summed E-state index contributed by atoms with van der Waals surface area (Å²) in [6, 6.07) is 9.16. The molecule has 1 rings (SSSR count). The van der Waals surface area contributed by atoms with E-state index in [-0.39, 0.29) is 3.15 Å². The summed E-state index contributed by atoms with van der Waals surface area (Å²) < 4.78 is 0.745. The molecular formula is C6H5NO2Sn. The van der Waals surface area contributed by atoms with Crippen LogP contribution in [0.5, 0.6) is 0 Å². The monoisotopic (exact) mass is 243 g/mol. The fourth-order valence-corrected chi connectivity index (χ4v) is 2.19. The van der Waals surface area contributed by atoms with Gasteiger partial charge < -0.3 is 0 Å². The van der Waals surface area contributed by atoms with Crippen LogP contribution in [0.15, 0.2) is 30.3 Å². The van der Waals surface area contributed by atoms with Gasteiger partial charge in [-0.1, -0.05) is 0 Å². The Kier molecular flexibility index (Phi) is 2.67. The van der Waals surface area contributed by atoms with E-state index in [2.05, 4.69) is 0 Å². The average Bonchev–Trinajstić information content (AvgIpc) is 1.88. The zero-order valence-corrected chi connectivity index (χ0v) is 8.00. The van der Waals surface area contributed by atoms with Gasteiger partial charge in [0.05, 0.1) is 0 Å². The van der Waals surface area contributed by atoms with Crippen molar-refractivity contribution in [2.75, 3.05) is 0 Å². The molecule has 1 aromatic carbocycles. The van der Waals surface area contributed by atoms with Crippen LogP contribution in [0.25, 0.3) is 0 Å². The topological polar surface area (TPSA) is 43.1 Å². The summed E-state index contributed by atoms with van der Waals surface area (Å²) in [6.07, 6.45) is 0. The molecule has 0 N–H and O–H groups in total. The maximum atomic E-state index is 10.0. The van der Waals surface area contributed by atoms with Gasteiger partial charge in [0.2, 0.25) is 0 Å². The van der Waals surface area contributed by atoms with Gasteiger partial charge in [0.25, 0.3) is 0 Å². The molecule has 3 nitrogen and oxygen atoms in total. The van der Waals surface area contributed by atoms with Crippen molar-refractivity contribution in [1.29, 1.82) is 0 Å². The van der Waals surface area contributed by atoms with Crippen LogP contribution in [0.2, 0.25) is 0 Å². The summed E-state index contributed by atoms with van der Waals surface area (Å²) in [7, 11) is 0. The minimum atomic E-state index is -1.52. The number of benzene rings is 1. The van der Waals surface area contributed by atoms with E-state index in [1.807, 2.05) is 30.3 Å². The van der Waals surface area contributed by atoms with Crippen LogP contribution in [0.1, 0.15) is 0 Å². The molecule has 0 saturated carbocycles. The first-order valence-corrected chi connectivity index (χ1v) is 5.45. The molecule has 10 heavy (non-hydrogen) atoms. The van der Waals surface area contributed by atoms with Crippen molar-refractivity contribution in [3.8, 4) is 0 Å². The predicted octanol–water partition coefficient (Wildman–Crippen LogP) is 0.208. The Hall–Kier alpha value is -0.581. The van der Waals surface area contributed by atoms with Crippen LogP contribution < -0.4 is 3.58 Å². The number of nitrogens with zero attached hydrogens (tertiary/aromatic N) is 1. The van der Waals surface area contributed by atoms with Crippen LogP contribution in [0.4, 0.5) is 0 Å². The van der Waals surface area contributed by atoms with Crippen molar-refractivity contribution in [3.05, 3.63) is 40.4 Å². The molecule has 1 aromatic rings. The Morgan fingerprint density at radius 3 is 2.40 bits per heavy atom. The second-order valence-corrected chi connectivity index (χ2v) is 5.06. The standard InChI is InChI=1S/C6H5.NO2.Sn/c1-2-4-6-5-3-1;2-1-3;/h1-5H;;. The molecule has 0 amide bonds. The quantitative estimate of drug-likeness (QED) is 0.422. The van der Waals surface area contributed by atoms with Gasteiger partial charge in [-0.3, -0.25) is 0 Å². The summed E-state index contributed by atoms with van der Waals surface area (Å²) >= 11 is -1.52. The van der Waals surface area contributed by atoms with Gasteiger partial charge in [0.15, 0.2) is 0 Å². The van der Waals surface area contributed by atoms with E-state index in [0.717, 1.165) is 3.58 Å². The molecule has 4 heteroatoms. The third kappa shape index (κ3) is 2.34. The van der Waals surface area contributed by atoms with Crippen molar-refractivity contribution in [2.24, 2.45) is 0 Å². The minimum absolute atomic E-state index is 0.168. The van der Waals surface area contributed by atoms with Crippen molar-refractivity contribution >= 4 is 25.0 Å². The summed E-state index contributed by atoms with van der Waals surface area (Å²) in [4.78, 5) is 10.0. The van der Waals surface area contributed by atoms with Gasteiger partial charge >= 0.3 is 68.6 Å². The zero-order chi connectivity index (χ0) is 7.40. The van der Waals surface area contributed by atoms with E-state index < -0.39 is 21.4 Å². The molecule has 0 aromatic heterocycles. The van der Waals surface area contributed by atoms with Gasteiger partial charge in [0, 0.05) is 0 Å². The van der Waals surface area contributed by atoms with Crippen LogP contribution in [-0.4, -0.2) is 24.6 Å². The summed E-state index contributed by atoms with van der Waals surface area (Å²) in [6.45, 7) is 0. The van der Waals surface area contributed by atoms with E-state index in [4.69, 9.17) is 0 Å². The van der Waals surface area contributed by atoms with Gasteiger partial charge in [-0.2, -0.15) is 0 Å². The summed E-state index contributed by atoms with van der Waals surface area (Å²) in [5.41, 5.74) is 0. The van der Waals surface area contributed by atoms with Crippen molar-refractivity contribution in [1.82, 2.24) is 0 Å². The van der Waals surface area contributed by atoms with E-state index >= 15 is 0 Å². The SMILES string of the molecule is O=[N+]([O-])[Sn][c]1ccccc1. The molecule has 0 aliphatic carbocycles. The molecule has 0 saturated heterocycles. The molecule has 0 aliphatic heterocycles. The average molecular weight is 242 g/mol.